The Hall–Kier alpha value is -4.65. The number of aromatic nitrogens is 3. The first-order valence-corrected chi connectivity index (χ1v) is 15.2. The molecule has 13 nitrogen and oxygen atoms in total. The summed E-state index contributed by atoms with van der Waals surface area (Å²) in [4.78, 5) is 44.8. The van der Waals surface area contributed by atoms with E-state index in [9.17, 15) is 19.5 Å². The molecule has 0 radical (unpaired) electrons. The third kappa shape index (κ3) is 7.54. The van der Waals surface area contributed by atoms with Gasteiger partial charge in [0.05, 0.1) is 38.0 Å². The van der Waals surface area contributed by atoms with Crippen LogP contribution in [0.25, 0.3) is 5.69 Å². The van der Waals surface area contributed by atoms with Crippen molar-refractivity contribution in [1.29, 1.82) is 0 Å². The highest BCUT2D eigenvalue weighted by molar-refractivity contribution is 5.94. The van der Waals surface area contributed by atoms with Crippen molar-refractivity contribution in [1.82, 2.24) is 29.7 Å². The van der Waals surface area contributed by atoms with Crippen LogP contribution in [-0.4, -0.2) is 112 Å². The Morgan fingerprint density at radius 2 is 1.69 bits per heavy atom. The molecule has 0 bridgehead atoms. The Morgan fingerprint density at radius 1 is 1.00 bits per heavy atom. The van der Waals surface area contributed by atoms with Gasteiger partial charge in [-0.05, 0) is 48.7 Å². The molecule has 1 aromatic heterocycles. The lowest BCUT2D eigenvalue weighted by molar-refractivity contribution is -0.142. The van der Waals surface area contributed by atoms with Crippen LogP contribution < -0.4 is 9.47 Å². The van der Waals surface area contributed by atoms with Crippen molar-refractivity contribution in [2.24, 2.45) is 11.8 Å². The number of morpholine rings is 1. The van der Waals surface area contributed by atoms with E-state index >= 15 is 0 Å². The van der Waals surface area contributed by atoms with Gasteiger partial charge in [0.2, 0.25) is 5.91 Å². The van der Waals surface area contributed by atoms with Gasteiger partial charge in [-0.15, -0.1) is 5.10 Å². The number of para-hydroxylation sites is 1. The molecule has 3 heterocycles. The SMILES string of the molecule is COc1ccc(OCc2c(C(=O)N(CC(C)C)[C@H]3C[C@@H](C(=O)N4CCOCC4)CN(C(=O)O)C3)nnn2-c2ccccc2)cc1. The Labute approximate surface area is 262 Å². The lowest BCUT2D eigenvalue weighted by Gasteiger charge is -2.43. The molecule has 2 fully saturated rings. The molecular weight excluding hydrogens is 580 g/mol. The zero-order valence-corrected chi connectivity index (χ0v) is 25.9. The van der Waals surface area contributed by atoms with Crippen LogP contribution in [0, 0.1) is 11.8 Å². The standard InChI is InChI=1S/C32H40N6O7/c1-22(2)18-37(25-17-23(19-36(20-25)32(41)42)30(39)35-13-15-44-16-14-35)31(40)29-28(21-45-27-11-9-26(43-3)10-12-27)38(34-33-29)24-7-5-4-6-8-24/h4-12,22-23,25H,13-21H2,1-3H3,(H,41,42)/t23-,25+/m1/s1. The molecule has 2 saturated heterocycles. The zero-order chi connectivity index (χ0) is 31.9. The van der Waals surface area contributed by atoms with Crippen molar-refractivity contribution in [3.05, 3.63) is 66.0 Å². The molecule has 2 aliphatic rings. The average molecular weight is 621 g/mol. The lowest BCUT2D eigenvalue weighted by atomic mass is 9.91. The molecule has 5 rings (SSSR count). The molecule has 2 aromatic carbocycles. The van der Waals surface area contributed by atoms with E-state index < -0.39 is 24.0 Å². The second kappa shape index (κ2) is 14.4. The number of ether oxygens (including phenoxy) is 3. The molecule has 0 spiro atoms. The molecular formula is C32H40N6O7. The quantitative estimate of drug-likeness (QED) is 0.362. The van der Waals surface area contributed by atoms with Gasteiger partial charge in [0.1, 0.15) is 23.8 Å². The van der Waals surface area contributed by atoms with Crippen LogP contribution in [0.4, 0.5) is 4.79 Å². The van der Waals surface area contributed by atoms with E-state index in [0.29, 0.717) is 62.1 Å². The Kier molecular flexibility index (Phi) is 10.2. The third-order valence-electron chi connectivity index (χ3n) is 8.04. The molecule has 2 aliphatic heterocycles. The minimum Gasteiger partial charge on any atom is -0.497 e. The van der Waals surface area contributed by atoms with Gasteiger partial charge >= 0.3 is 6.09 Å². The van der Waals surface area contributed by atoms with Crippen LogP contribution in [0.3, 0.4) is 0 Å². The summed E-state index contributed by atoms with van der Waals surface area (Å²) >= 11 is 0. The Morgan fingerprint density at radius 3 is 2.33 bits per heavy atom. The molecule has 3 amide bonds. The predicted octanol–water partition coefficient (Wildman–Crippen LogP) is 3.18. The van der Waals surface area contributed by atoms with Gasteiger partial charge in [-0.25, -0.2) is 9.48 Å². The first kappa shape index (κ1) is 31.8. The maximum Gasteiger partial charge on any atom is 0.407 e. The number of likely N-dealkylation sites (tertiary alicyclic amines) is 1. The molecule has 0 saturated carbocycles. The number of hydrogen-bond acceptors (Lipinski definition) is 8. The van der Waals surface area contributed by atoms with Gasteiger partial charge < -0.3 is 34.0 Å². The monoisotopic (exact) mass is 620 g/mol. The normalized spacial score (nSPS) is 18.5. The molecule has 2 atom stereocenters. The second-order valence-corrected chi connectivity index (χ2v) is 11.7. The largest absolute Gasteiger partial charge is 0.497 e. The van der Waals surface area contributed by atoms with E-state index in [-0.39, 0.29) is 37.2 Å². The van der Waals surface area contributed by atoms with Gasteiger partial charge in [-0.2, -0.15) is 0 Å². The van der Waals surface area contributed by atoms with Crippen molar-refractivity contribution in [3.8, 4) is 17.2 Å². The van der Waals surface area contributed by atoms with Crippen molar-refractivity contribution in [2.75, 3.05) is 53.0 Å². The molecule has 13 heteroatoms. The number of methoxy groups -OCH3 is 1. The summed E-state index contributed by atoms with van der Waals surface area (Å²) in [5.74, 6) is 0.225. The molecule has 0 aliphatic carbocycles. The maximum absolute atomic E-state index is 14.5. The number of carbonyl (C=O) groups excluding carboxylic acids is 2. The minimum absolute atomic E-state index is 0.00508. The summed E-state index contributed by atoms with van der Waals surface area (Å²) in [5, 5.41) is 18.7. The van der Waals surface area contributed by atoms with E-state index in [1.54, 1.807) is 45.9 Å². The molecule has 240 valence electrons. The second-order valence-electron chi connectivity index (χ2n) is 11.7. The zero-order valence-electron chi connectivity index (χ0n) is 25.9. The van der Waals surface area contributed by atoms with Gasteiger partial charge in [0.15, 0.2) is 5.69 Å². The summed E-state index contributed by atoms with van der Waals surface area (Å²) in [5.41, 5.74) is 1.26. The Balaban J connectivity index is 1.46. The van der Waals surface area contributed by atoms with E-state index in [1.807, 2.05) is 44.2 Å². The maximum atomic E-state index is 14.5. The van der Waals surface area contributed by atoms with Crippen molar-refractivity contribution < 1.29 is 33.7 Å². The fourth-order valence-electron chi connectivity index (χ4n) is 5.80. The molecule has 1 N–H and O–H groups in total. The number of amides is 3. The molecule has 0 unspecified atom stereocenters. The highest BCUT2D eigenvalue weighted by Gasteiger charge is 2.41. The first-order valence-electron chi connectivity index (χ1n) is 15.2. The summed E-state index contributed by atoms with van der Waals surface area (Å²) in [7, 11) is 1.59. The number of benzene rings is 2. The van der Waals surface area contributed by atoms with Crippen LogP contribution in [-0.2, 0) is 16.1 Å². The third-order valence-corrected chi connectivity index (χ3v) is 8.04. The summed E-state index contributed by atoms with van der Waals surface area (Å²) in [6.45, 7) is 6.29. The van der Waals surface area contributed by atoms with E-state index in [4.69, 9.17) is 14.2 Å². The van der Waals surface area contributed by atoms with Crippen LogP contribution in [0.1, 0.15) is 36.5 Å². The van der Waals surface area contributed by atoms with Crippen LogP contribution >= 0.6 is 0 Å². The van der Waals surface area contributed by atoms with Gasteiger partial charge in [-0.3, -0.25) is 9.59 Å². The average Bonchev–Trinajstić information content (AvgIpc) is 3.50. The van der Waals surface area contributed by atoms with Crippen LogP contribution in [0.5, 0.6) is 11.5 Å². The number of hydrogen-bond donors (Lipinski definition) is 1. The fourth-order valence-corrected chi connectivity index (χ4v) is 5.80. The smallest absolute Gasteiger partial charge is 0.407 e. The van der Waals surface area contributed by atoms with E-state index in [0.717, 1.165) is 0 Å². The van der Waals surface area contributed by atoms with Gasteiger partial charge in [0.25, 0.3) is 5.91 Å². The van der Waals surface area contributed by atoms with Crippen molar-refractivity contribution in [3.63, 3.8) is 0 Å². The number of rotatable bonds is 10. The minimum atomic E-state index is -1.12. The summed E-state index contributed by atoms with van der Waals surface area (Å²) in [6, 6.07) is 15.9. The molecule has 45 heavy (non-hydrogen) atoms. The number of nitrogens with zero attached hydrogens (tertiary/aromatic N) is 6. The topological polar surface area (TPSA) is 140 Å². The van der Waals surface area contributed by atoms with E-state index in [2.05, 4.69) is 10.3 Å². The summed E-state index contributed by atoms with van der Waals surface area (Å²) in [6.07, 6.45) is -0.789. The lowest BCUT2D eigenvalue weighted by Crippen LogP contribution is -2.58. The summed E-state index contributed by atoms with van der Waals surface area (Å²) < 4.78 is 18.3. The van der Waals surface area contributed by atoms with Crippen LogP contribution in [0.2, 0.25) is 0 Å². The number of carbonyl (C=O) groups is 3. The van der Waals surface area contributed by atoms with Gasteiger partial charge in [-0.1, -0.05) is 37.3 Å². The highest BCUT2D eigenvalue weighted by Crippen LogP contribution is 2.27. The number of carboxylic acid groups (broad SMARTS) is 1. The predicted molar refractivity (Wildman–Crippen MR) is 163 cm³/mol. The Bertz CT molecular complexity index is 1460. The van der Waals surface area contributed by atoms with Crippen molar-refractivity contribution >= 4 is 17.9 Å². The van der Waals surface area contributed by atoms with E-state index in [1.165, 1.54) is 4.90 Å². The van der Waals surface area contributed by atoms with Gasteiger partial charge in [0, 0.05) is 32.7 Å². The fraction of sp³-hybridized carbons (Fsp3) is 0.469. The van der Waals surface area contributed by atoms with Crippen LogP contribution in [0.15, 0.2) is 54.6 Å². The highest BCUT2D eigenvalue weighted by atomic mass is 16.5. The van der Waals surface area contributed by atoms with Crippen molar-refractivity contribution in [2.45, 2.75) is 32.9 Å². The molecule has 3 aromatic rings. The number of piperidine rings is 1. The first-order chi connectivity index (χ1) is 21.7.